The standard InChI is InChI=1S/C20H24N2O3S/c1-4-15-11-7-8-14(2)19(15)21-20(23)18-12-16-9-5-6-10-17(16)13-22(18)26(3,24)25/h5-11,18H,4,12-13H2,1-3H3,(H,21,23)/t18-/m0/s1. The minimum atomic E-state index is -3.51. The van der Waals surface area contributed by atoms with E-state index < -0.39 is 16.1 Å². The zero-order valence-corrected chi connectivity index (χ0v) is 16.1. The lowest BCUT2D eigenvalue weighted by Gasteiger charge is -2.34. The molecule has 3 rings (SSSR count). The number of aryl methyl sites for hydroxylation is 2. The monoisotopic (exact) mass is 372 g/mol. The highest BCUT2D eigenvalue weighted by Crippen LogP contribution is 2.27. The van der Waals surface area contributed by atoms with E-state index in [0.29, 0.717) is 6.42 Å². The number of carbonyl (C=O) groups is 1. The molecule has 0 saturated heterocycles. The number of rotatable bonds is 4. The summed E-state index contributed by atoms with van der Waals surface area (Å²) in [6.45, 7) is 4.20. The van der Waals surface area contributed by atoms with Gasteiger partial charge in [-0.05, 0) is 42.0 Å². The van der Waals surface area contributed by atoms with Crippen molar-refractivity contribution in [3.05, 3.63) is 64.7 Å². The molecule has 1 atom stereocenters. The van der Waals surface area contributed by atoms with Crippen molar-refractivity contribution >= 4 is 21.6 Å². The summed E-state index contributed by atoms with van der Waals surface area (Å²) in [5, 5.41) is 2.99. The Labute approximate surface area is 155 Å². The van der Waals surface area contributed by atoms with Crippen molar-refractivity contribution in [2.24, 2.45) is 0 Å². The molecule has 0 bridgehead atoms. The maximum atomic E-state index is 13.0. The minimum Gasteiger partial charge on any atom is -0.324 e. The SMILES string of the molecule is CCc1cccc(C)c1NC(=O)[C@@H]1Cc2ccccc2CN1S(C)(=O)=O. The Morgan fingerprint density at radius 3 is 2.50 bits per heavy atom. The molecule has 0 saturated carbocycles. The third kappa shape index (κ3) is 3.66. The van der Waals surface area contributed by atoms with E-state index >= 15 is 0 Å². The second-order valence-electron chi connectivity index (χ2n) is 6.75. The Morgan fingerprint density at radius 1 is 1.15 bits per heavy atom. The van der Waals surface area contributed by atoms with Crippen molar-refractivity contribution in [2.45, 2.75) is 39.3 Å². The Bertz CT molecular complexity index is 938. The fourth-order valence-corrected chi connectivity index (χ4v) is 4.49. The van der Waals surface area contributed by atoms with Crippen LogP contribution in [0.4, 0.5) is 5.69 Å². The van der Waals surface area contributed by atoms with Crippen molar-refractivity contribution in [1.29, 1.82) is 0 Å². The maximum absolute atomic E-state index is 13.0. The molecule has 1 amide bonds. The number of carbonyl (C=O) groups excluding carboxylic acids is 1. The molecule has 5 nitrogen and oxygen atoms in total. The molecule has 1 N–H and O–H groups in total. The Morgan fingerprint density at radius 2 is 1.85 bits per heavy atom. The first-order valence-electron chi connectivity index (χ1n) is 8.74. The van der Waals surface area contributed by atoms with Gasteiger partial charge in [-0.1, -0.05) is 49.4 Å². The highest BCUT2D eigenvalue weighted by molar-refractivity contribution is 7.88. The van der Waals surface area contributed by atoms with Crippen molar-refractivity contribution in [3.8, 4) is 0 Å². The van der Waals surface area contributed by atoms with Gasteiger partial charge in [0, 0.05) is 12.2 Å². The molecule has 0 radical (unpaired) electrons. The van der Waals surface area contributed by atoms with Gasteiger partial charge in [0.15, 0.2) is 0 Å². The smallest absolute Gasteiger partial charge is 0.243 e. The van der Waals surface area contributed by atoms with Crippen molar-refractivity contribution in [3.63, 3.8) is 0 Å². The number of para-hydroxylation sites is 1. The topological polar surface area (TPSA) is 66.5 Å². The number of anilines is 1. The van der Waals surface area contributed by atoms with Crippen molar-refractivity contribution < 1.29 is 13.2 Å². The van der Waals surface area contributed by atoms with Crippen LogP contribution in [0.2, 0.25) is 0 Å². The van der Waals surface area contributed by atoms with Gasteiger partial charge in [0.25, 0.3) is 0 Å². The van der Waals surface area contributed by atoms with Gasteiger partial charge in [0.1, 0.15) is 6.04 Å². The van der Waals surface area contributed by atoms with Gasteiger partial charge in [-0.15, -0.1) is 0 Å². The molecule has 0 unspecified atom stereocenters. The van der Waals surface area contributed by atoms with Gasteiger partial charge >= 0.3 is 0 Å². The lowest BCUT2D eigenvalue weighted by molar-refractivity contribution is -0.120. The molecule has 0 spiro atoms. The summed E-state index contributed by atoms with van der Waals surface area (Å²) in [5.74, 6) is -0.283. The summed E-state index contributed by atoms with van der Waals surface area (Å²) in [6, 6.07) is 12.8. The highest BCUT2D eigenvalue weighted by atomic mass is 32.2. The Kier molecular flexibility index (Phi) is 5.16. The van der Waals surface area contributed by atoms with Crippen LogP contribution in [0.25, 0.3) is 0 Å². The van der Waals surface area contributed by atoms with E-state index in [0.717, 1.165) is 40.6 Å². The predicted octanol–water partition coefficient (Wildman–Crippen LogP) is 2.88. The number of hydrogen-bond donors (Lipinski definition) is 1. The fraction of sp³-hybridized carbons (Fsp3) is 0.350. The van der Waals surface area contributed by atoms with E-state index in [1.807, 2.05) is 56.3 Å². The summed E-state index contributed by atoms with van der Waals surface area (Å²) >= 11 is 0. The van der Waals surface area contributed by atoms with Crippen LogP contribution in [0, 0.1) is 6.92 Å². The Balaban J connectivity index is 1.95. The van der Waals surface area contributed by atoms with Gasteiger partial charge in [-0.3, -0.25) is 4.79 Å². The van der Waals surface area contributed by atoms with E-state index in [1.54, 1.807) is 0 Å². The fourth-order valence-electron chi connectivity index (χ4n) is 3.48. The summed E-state index contributed by atoms with van der Waals surface area (Å²) < 4.78 is 25.9. The first-order valence-corrected chi connectivity index (χ1v) is 10.6. The molecule has 138 valence electrons. The van der Waals surface area contributed by atoms with E-state index in [4.69, 9.17) is 0 Å². The normalized spacial score (nSPS) is 17.6. The largest absolute Gasteiger partial charge is 0.324 e. The second kappa shape index (κ2) is 7.21. The van der Waals surface area contributed by atoms with Crippen molar-refractivity contribution in [1.82, 2.24) is 4.31 Å². The molecule has 2 aromatic carbocycles. The Hall–Kier alpha value is -2.18. The number of nitrogens with one attached hydrogen (secondary N) is 1. The van der Waals surface area contributed by atoms with Crippen LogP contribution in [0.3, 0.4) is 0 Å². The number of benzene rings is 2. The minimum absolute atomic E-state index is 0.224. The number of hydrogen-bond acceptors (Lipinski definition) is 3. The summed E-state index contributed by atoms with van der Waals surface area (Å²) in [6.07, 6.45) is 2.33. The zero-order valence-electron chi connectivity index (χ0n) is 15.3. The molecule has 6 heteroatoms. The molecule has 0 aromatic heterocycles. The van der Waals surface area contributed by atoms with Crippen LogP contribution >= 0.6 is 0 Å². The summed E-state index contributed by atoms with van der Waals surface area (Å²) in [5.41, 5.74) is 4.77. The van der Waals surface area contributed by atoms with Crippen molar-refractivity contribution in [2.75, 3.05) is 11.6 Å². The average Bonchev–Trinajstić information content (AvgIpc) is 2.61. The summed E-state index contributed by atoms with van der Waals surface area (Å²) in [4.78, 5) is 13.0. The first kappa shape index (κ1) is 18.6. The van der Waals surface area contributed by atoms with Gasteiger partial charge in [-0.2, -0.15) is 4.31 Å². The van der Waals surface area contributed by atoms with Gasteiger partial charge in [-0.25, -0.2) is 8.42 Å². The van der Waals surface area contributed by atoms with Gasteiger partial charge < -0.3 is 5.32 Å². The number of amides is 1. The second-order valence-corrected chi connectivity index (χ2v) is 8.68. The molecule has 26 heavy (non-hydrogen) atoms. The van der Waals surface area contributed by atoms with Crippen LogP contribution in [0.1, 0.15) is 29.2 Å². The number of sulfonamides is 1. The molecule has 1 aliphatic rings. The van der Waals surface area contributed by atoms with E-state index in [9.17, 15) is 13.2 Å². The molecular formula is C20H24N2O3S. The van der Waals surface area contributed by atoms with Crippen LogP contribution in [-0.4, -0.2) is 30.9 Å². The van der Waals surface area contributed by atoms with E-state index in [1.165, 1.54) is 4.31 Å². The third-order valence-corrected chi connectivity index (χ3v) is 6.16. The molecular weight excluding hydrogens is 348 g/mol. The van der Waals surface area contributed by atoms with Crippen LogP contribution in [0.5, 0.6) is 0 Å². The van der Waals surface area contributed by atoms with Crippen LogP contribution in [-0.2, 0) is 34.2 Å². The van der Waals surface area contributed by atoms with Crippen LogP contribution < -0.4 is 5.32 Å². The van der Waals surface area contributed by atoms with Gasteiger partial charge in [0.2, 0.25) is 15.9 Å². The van der Waals surface area contributed by atoms with E-state index in [-0.39, 0.29) is 12.5 Å². The quantitative estimate of drug-likeness (QED) is 0.897. The van der Waals surface area contributed by atoms with Gasteiger partial charge in [0.05, 0.1) is 6.26 Å². The first-order chi connectivity index (χ1) is 12.3. The number of nitrogens with zero attached hydrogens (tertiary/aromatic N) is 1. The lowest BCUT2D eigenvalue weighted by Crippen LogP contribution is -2.50. The van der Waals surface area contributed by atoms with E-state index in [2.05, 4.69) is 5.32 Å². The molecule has 0 aliphatic carbocycles. The zero-order chi connectivity index (χ0) is 18.9. The lowest BCUT2D eigenvalue weighted by atomic mass is 9.95. The summed E-state index contributed by atoms with van der Waals surface area (Å²) in [7, 11) is -3.51. The number of fused-ring (bicyclic) bond motifs is 1. The highest BCUT2D eigenvalue weighted by Gasteiger charge is 2.37. The molecule has 0 fully saturated rings. The van der Waals surface area contributed by atoms with Crippen LogP contribution in [0.15, 0.2) is 42.5 Å². The molecule has 1 aliphatic heterocycles. The molecule has 1 heterocycles. The maximum Gasteiger partial charge on any atom is 0.243 e. The predicted molar refractivity (Wildman–Crippen MR) is 104 cm³/mol. The third-order valence-electron chi connectivity index (χ3n) is 4.92. The average molecular weight is 372 g/mol. The molecule has 2 aromatic rings.